The molecule has 0 radical (unpaired) electrons. The van der Waals surface area contributed by atoms with Crippen LogP contribution in [0.1, 0.15) is 24.0 Å². The van der Waals surface area contributed by atoms with E-state index < -0.39 is 0 Å². The van der Waals surface area contributed by atoms with Crippen molar-refractivity contribution in [2.75, 3.05) is 25.5 Å². The Bertz CT molecular complexity index is 687. The molecule has 1 saturated heterocycles. The number of nitrogens with one attached hydrogen (secondary N) is 2. The molecule has 1 fully saturated rings. The molecule has 4 heteroatoms. The second-order valence-corrected chi connectivity index (χ2v) is 6.71. The summed E-state index contributed by atoms with van der Waals surface area (Å²) in [4.78, 5) is 14.2. The molecule has 1 amide bonds. The van der Waals surface area contributed by atoms with Crippen molar-refractivity contribution in [3.63, 3.8) is 0 Å². The fraction of sp³-hybridized carbons (Fsp3) is 0.381. The maximum atomic E-state index is 11.7. The van der Waals surface area contributed by atoms with Crippen LogP contribution in [0.5, 0.6) is 0 Å². The average molecular weight is 337 g/mol. The van der Waals surface area contributed by atoms with Crippen molar-refractivity contribution in [2.24, 2.45) is 0 Å². The van der Waals surface area contributed by atoms with E-state index in [1.165, 1.54) is 18.4 Å². The molecule has 25 heavy (non-hydrogen) atoms. The van der Waals surface area contributed by atoms with Crippen molar-refractivity contribution >= 4 is 11.6 Å². The Balaban J connectivity index is 1.62. The van der Waals surface area contributed by atoms with Gasteiger partial charge in [-0.25, -0.2) is 0 Å². The number of nitrogens with zero attached hydrogens (tertiary/aromatic N) is 1. The smallest absolute Gasteiger partial charge is 0.224 e. The molecule has 1 atom stereocenters. The van der Waals surface area contributed by atoms with E-state index in [0.29, 0.717) is 12.5 Å². The first-order valence-electron chi connectivity index (χ1n) is 9.06. The minimum atomic E-state index is 0.0450. The van der Waals surface area contributed by atoms with Gasteiger partial charge in [0.1, 0.15) is 0 Å². The summed E-state index contributed by atoms with van der Waals surface area (Å²) in [5.74, 6) is 0.0450. The molecule has 3 rings (SSSR count). The number of carbonyl (C=O) groups is 1. The SMILES string of the molecule is CNC(=O)Cc1ccccc1NC1CCCN(Cc2ccccc2)C1. The molecule has 1 aliphatic rings. The average Bonchev–Trinajstić information content (AvgIpc) is 2.64. The highest BCUT2D eigenvalue weighted by molar-refractivity contribution is 5.80. The molecule has 0 saturated carbocycles. The van der Waals surface area contributed by atoms with Gasteiger partial charge in [-0.05, 0) is 36.6 Å². The summed E-state index contributed by atoms with van der Waals surface area (Å²) in [7, 11) is 1.68. The summed E-state index contributed by atoms with van der Waals surface area (Å²) in [6, 6.07) is 19.2. The summed E-state index contributed by atoms with van der Waals surface area (Å²) in [6.07, 6.45) is 2.78. The van der Waals surface area contributed by atoms with Crippen LogP contribution in [0.3, 0.4) is 0 Å². The van der Waals surface area contributed by atoms with E-state index >= 15 is 0 Å². The van der Waals surface area contributed by atoms with Gasteiger partial charge in [-0.2, -0.15) is 0 Å². The lowest BCUT2D eigenvalue weighted by atomic mass is 10.0. The van der Waals surface area contributed by atoms with Crippen LogP contribution < -0.4 is 10.6 Å². The molecular formula is C21H27N3O. The van der Waals surface area contributed by atoms with Gasteiger partial charge in [0, 0.05) is 31.9 Å². The Morgan fingerprint density at radius 2 is 1.88 bits per heavy atom. The number of hydrogen-bond donors (Lipinski definition) is 2. The van der Waals surface area contributed by atoms with Gasteiger partial charge in [-0.15, -0.1) is 0 Å². The van der Waals surface area contributed by atoms with Crippen molar-refractivity contribution in [3.05, 3.63) is 65.7 Å². The zero-order valence-corrected chi connectivity index (χ0v) is 14.9. The zero-order valence-electron chi connectivity index (χ0n) is 14.9. The third-order valence-electron chi connectivity index (χ3n) is 4.76. The summed E-state index contributed by atoms with van der Waals surface area (Å²) in [6.45, 7) is 3.18. The zero-order chi connectivity index (χ0) is 17.5. The highest BCUT2D eigenvalue weighted by Crippen LogP contribution is 2.21. The van der Waals surface area contributed by atoms with Crippen molar-refractivity contribution in [2.45, 2.75) is 31.8 Å². The van der Waals surface area contributed by atoms with Crippen molar-refractivity contribution in [1.29, 1.82) is 0 Å². The molecular weight excluding hydrogens is 310 g/mol. The Labute approximate surface area is 150 Å². The van der Waals surface area contributed by atoms with E-state index in [2.05, 4.69) is 51.9 Å². The number of carbonyl (C=O) groups excluding carboxylic acids is 1. The molecule has 2 N–H and O–H groups in total. The minimum Gasteiger partial charge on any atom is -0.381 e. The lowest BCUT2D eigenvalue weighted by Gasteiger charge is -2.34. The molecule has 0 aliphatic carbocycles. The van der Waals surface area contributed by atoms with Gasteiger partial charge < -0.3 is 10.6 Å². The number of hydrogen-bond acceptors (Lipinski definition) is 3. The van der Waals surface area contributed by atoms with Crippen molar-refractivity contribution < 1.29 is 4.79 Å². The Hall–Kier alpha value is -2.33. The molecule has 132 valence electrons. The number of anilines is 1. The van der Waals surface area contributed by atoms with Crippen LogP contribution in [0, 0.1) is 0 Å². The Morgan fingerprint density at radius 3 is 2.68 bits per heavy atom. The van der Waals surface area contributed by atoms with Gasteiger partial charge >= 0.3 is 0 Å². The first kappa shape index (κ1) is 17.5. The first-order valence-corrected chi connectivity index (χ1v) is 9.06. The topological polar surface area (TPSA) is 44.4 Å². The van der Waals surface area contributed by atoms with Gasteiger partial charge in [-0.3, -0.25) is 9.69 Å². The van der Waals surface area contributed by atoms with Crippen LogP contribution in [0.2, 0.25) is 0 Å². The second kappa shape index (κ2) is 8.67. The molecule has 0 spiro atoms. The van der Waals surface area contributed by atoms with E-state index in [4.69, 9.17) is 0 Å². The highest BCUT2D eigenvalue weighted by atomic mass is 16.1. The fourth-order valence-electron chi connectivity index (χ4n) is 3.46. The van der Waals surface area contributed by atoms with Crippen molar-refractivity contribution in [1.82, 2.24) is 10.2 Å². The van der Waals surface area contributed by atoms with Crippen LogP contribution in [0.4, 0.5) is 5.69 Å². The minimum absolute atomic E-state index is 0.0450. The number of piperidine rings is 1. The number of likely N-dealkylation sites (N-methyl/N-ethyl adjacent to an activating group) is 1. The Morgan fingerprint density at radius 1 is 1.12 bits per heavy atom. The summed E-state index contributed by atoms with van der Waals surface area (Å²) < 4.78 is 0. The maximum Gasteiger partial charge on any atom is 0.224 e. The van der Waals surface area contributed by atoms with E-state index in [1.807, 2.05) is 18.2 Å². The monoisotopic (exact) mass is 337 g/mol. The van der Waals surface area contributed by atoms with E-state index in [9.17, 15) is 4.79 Å². The molecule has 1 aliphatic heterocycles. The second-order valence-electron chi connectivity index (χ2n) is 6.71. The number of amides is 1. The summed E-state index contributed by atoms with van der Waals surface area (Å²) in [5.41, 5.74) is 3.50. The van der Waals surface area contributed by atoms with Crippen LogP contribution in [-0.2, 0) is 17.8 Å². The molecule has 0 bridgehead atoms. The van der Waals surface area contributed by atoms with E-state index in [-0.39, 0.29) is 5.91 Å². The van der Waals surface area contributed by atoms with Crippen LogP contribution in [0.25, 0.3) is 0 Å². The largest absolute Gasteiger partial charge is 0.381 e. The van der Waals surface area contributed by atoms with Gasteiger partial charge in [0.25, 0.3) is 0 Å². The maximum absolute atomic E-state index is 11.7. The van der Waals surface area contributed by atoms with Crippen LogP contribution in [0.15, 0.2) is 54.6 Å². The van der Waals surface area contributed by atoms with E-state index in [0.717, 1.165) is 30.9 Å². The number of para-hydroxylation sites is 1. The van der Waals surface area contributed by atoms with Crippen LogP contribution >= 0.6 is 0 Å². The molecule has 0 aromatic heterocycles. The van der Waals surface area contributed by atoms with Gasteiger partial charge in [0.05, 0.1) is 6.42 Å². The predicted molar refractivity (Wildman–Crippen MR) is 103 cm³/mol. The highest BCUT2D eigenvalue weighted by Gasteiger charge is 2.20. The molecule has 1 heterocycles. The van der Waals surface area contributed by atoms with Crippen molar-refractivity contribution in [3.8, 4) is 0 Å². The van der Waals surface area contributed by atoms with Gasteiger partial charge in [0.2, 0.25) is 5.91 Å². The summed E-state index contributed by atoms with van der Waals surface area (Å²) in [5, 5.41) is 6.38. The molecule has 2 aromatic rings. The summed E-state index contributed by atoms with van der Waals surface area (Å²) >= 11 is 0. The number of likely N-dealkylation sites (tertiary alicyclic amines) is 1. The quantitative estimate of drug-likeness (QED) is 0.851. The lowest BCUT2D eigenvalue weighted by Crippen LogP contribution is -2.41. The standard InChI is InChI=1S/C21H27N3O/c1-22-21(25)14-18-10-5-6-12-20(18)23-19-11-7-13-24(16-19)15-17-8-3-2-4-9-17/h2-6,8-10,12,19,23H,7,11,13-16H2,1H3,(H,22,25). The molecule has 4 nitrogen and oxygen atoms in total. The molecule has 1 unspecified atom stereocenters. The number of rotatable bonds is 6. The van der Waals surface area contributed by atoms with Crippen LogP contribution in [-0.4, -0.2) is 37.0 Å². The van der Waals surface area contributed by atoms with E-state index in [1.54, 1.807) is 7.05 Å². The first-order chi connectivity index (χ1) is 12.2. The third-order valence-corrected chi connectivity index (χ3v) is 4.76. The number of benzene rings is 2. The predicted octanol–water partition coefficient (Wildman–Crippen LogP) is 3.05. The fourth-order valence-corrected chi connectivity index (χ4v) is 3.46. The van der Waals surface area contributed by atoms with Gasteiger partial charge in [0.15, 0.2) is 0 Å². The Kier molecular flexibility index (Phi) is 6.07. The normalized spacial score (nSPS) is 17.9. The molecule has 2 aromatic carbocycles. The lowest BCUT2D eigenvalue weighted by molar-refractivity contribution is -0.119. The van der Waals surface area contributed by atoms with Gasteiger partial charge in [-0.1, -0.05) is 48.5 Å². The third kappa shape index (κ3) is 5.07.